The van der Waals surface area contributed by atoms with E-state index in [0.717, 1.165) is 5.39 Å². The molecule has 22 heavy (non-hydrogen) atoms. The van der Waals surface area contributed by atoms with Crippen LogP contribution < -0.4 is 11.3 Å². The summed E-state index contributed by atoms with van der Waals surface area (Å²) in [6.07, 6.45) is 1.58. The maximum Gasteiger partial charge on any atom is 0.258 e. The quantitative estimate of drug-likeness (QED) is 0.515. The minimum Gasteiger partial charge on any atom is -0.396 e. The lowest BCUT2D eigenvalue weighted by Crippen LogP contribution is -2.19. The minimum atomic E-state index is -0.540. The van der Waals surface area contributed by atoms with Gasteiger partial charge in [0.25, 0.3) is 5.56 Å². The van der Waals surface area contributed by atoms with E-state index < -0.39 is 5.82 Å². The number of fused-ring (bicyclic) bond motifs is 1. The lowest BCUT2D eigenvalue weighted by atomic mass is 10.0. The van der Waals surface area contributed by atoms with Crippen molar-refractivity contribution in [3.8, 4) is 11.1 Å². The van der Waals surface area contributed by atoms with Crippen molar-refractivity contribution >= 4 is 44.1 Å². The number of pyridine rings is 2. The van der Waals surface area contributed by atoms with Gasteiger partial charge in [0.1, 0.15) is 11.0 Å². The monoisotopic (exact) mass is 381 g/mol. The van der Waals surface area contributed by atoms with E-state index in [1.165, 1.54) is 16.7 Å². The van der Waals surface area contributed by atoms with Crippen molar-refractivity contribution in [3.05, 3.63) is 56.3 Å². The molecule has 0 saturated carbocycles. The standard InChI is InChI=1S/C15H10BrClFN3O/c1-21-13-5-14(17)20-6-7(13)2-9(15(21)22)8-3-12(19)11(18)4-10(8)16/h2-6H,19H2,1H3. The summed E-state index contributed by atoms with van der Waals surface area (Å²) in [7, 11) is 1.64. The Kier molecular flexibility index (Phi) is 3.66. The summed E-state index contributed by atoms with van der Waals surface area (Å²) in [6, 6.07) is 5.99. The molecule has 3 aromatic rings. The number of benzene rings is 1. The molecule has 2 aromatic heterocycles. The van der Waals surface area contributed by atoms with Crippen LogP contribution in [0.3, 0.4) is 0 Å². The van der Waals surface area contributed by atoms with E-state index in [2.05, 4.69) is 20.9 Å². The van der Waals surface area contributed by atoms with Gasteiger partial charge in [0.2, 0.25) is 0 Å². The predicted octanol–water partition coefficient (Wildman–Crippen LogP) is 3.74. The summed E-state index contributed by atoms with van der Waals surface area (Å²) in [5.41, 5.74) is 6.95. The first kappa shape index (κ1) is 15.0. The number of nitrogens with zero attached hydrogens (tertiary/aromatic N) is 2. The molecule has 3 rings (SSSR count). The number of hydrogen-bond donors (Lipinski definition) is 1. The van der Waals surface area contributed by atoms with Gasteiger partial charge in [-0.05, 0) is 24.3 Å². The van der Waals surface area contributed by atoms with Gasteiger partial charge >= 0.3 is 0 Å². The van der Waals surface area contributed by atoms with Crippen molar-refractivity contribution < 1.29 is 4.39 Å². The van der Waals surface area contributed by atoms with Gasteiger partial charge in [-0.3, -0.25) is 4.79 Å². The Morgan fingerprint density at radius 3 is 2.73 bits per heavy atom. The third-order valence-corrected chi connectivity index (χ3v) is 4.31. The zero-order chi connectivity index (χ0) is 16.0. The van der Waals surface area contributed by atoms with Crippen LogP contribution >= 0.6 is 27.5 Å². The summed E-state index contributed by atoms with van der Waals surface area (Å²) in [6.45, 7) is 0. The van der Waals surface area contributed by atoms with Crippen LogP contribution in [0.4, 0.5) is 10.1 Å². The van der Waals surface area contributed by atoms with E-state index in [0.29, 0.717) is 26.3 Å². The first-order chi connectivity index (χ1) is 10.4. The molecule has 1 aromatic carbocycles. The second-order valence-electron chi connectivity index (χ2n) is 4.84. The average Bonchev–Trinajstić information content (AvgIpc) is 2.47. The smallest absolute Gasteiger partial charge is 0.258 e. The first-order valence-electron chi connectivity index (χ1n) is 6.28. The Labute approximate surface area is 138 Å². The molecule has 4 nitrogen and oxygen atoms in total. The van der Waals surface area contributed by atoms with Gasteiger partial charge in [-0.25, -0.2) is 9.37 Å². The van der Waals surface area contributed by atoms with Crippen LogP contribution in [-0.2, 0) is 7.05 Å². The lowest BCUT2D eigenvalue weighted by molar-refractivity contribution is 0.632. The van der Waals surface area contributed by atoms with E-state index in [4.69, 9.17) is 17.3 Å². The summed E-state index contributed by atoms with van der Waals surface area (Å²) >= 11 is 9.14. The second-order valence-corrected chi connectivity index (χ2v) is 6.08. The van der Waals surface area contributed by atoms with Gasteiger partial charge in [-0.2, -0.15) is 0 Å². The fraction of sp³-hybridized carbons (Fsp3) is 0.0667. The Bertz CT molecular complexity index is 971. The summed E-state index contributed by atoms with van der Waals surface area (Å²) in [5, 5.41) is 1.05. The van der Waals surface area contributed by atoms with Gasteiger partial charge in [-0.15, -0.1) is 0 Å². The minimum absolute atomic E-state index is 0.0189. The zero-order valence-electron chi connectivity index (χ0n) is 11.4. The number of aryl methyl sites for hydroxylation is 1. The van der Waals surface area contributed by atoms with Gasteiger partial charge in [0.15, 0.2) is 0 Å². The Morgan fingerprint density at radius 2 is 2.00 bits per heavy atom. The number of nitrogens with two attached hydrogens (primary N) is 1. The molecule has 0 saturated heterocycles. The molecule has 0 unspecified atom stereocenters. The number of rotatable bonds is 1. The summed E-state index contributed by atoms with van der Waals surface area (Å²) in [4.78, 5) is 16.6. The molecule has 0 aliphatic carbocycles. The van der Waals surface area contributed by atoms with Crippen LogP contribution in [0.15, 0.2) is 39.7 Å². The number of halogens is 3. The van der Waals surface area contributed by atoms with Crippen molar-refractivity contribution in [2.45, 2.75) is 0 Å². The average molecular weight is 383 g/mol. The fourth-order valence-electron chi connectivity index (χ4n) is 2.30. The molecule has 2 heterocycles. The topological polar surface area (TPSA) is 60.9 Å². The van der Waals surface area contributed by atoms with Crippen molar-refractivity contribution in [1.29, 1.82) is 0 Å². The van der Waals surface area contributed by atoms with Crippen molar-refractivity contribution in [3.63, 3.8) is 0 Å². The molecule has 0 radical (unpaired) electrons. The van der Waals surface area contributed by atoms with Gasteiger partial charge in [0, 0.05) is 34.2 Å². The Hall–Kier alpha value is -1.92. The summed E-state index contributed by atoms with van der Waals surface area (Å²) in [5.74, 6) is -0.540. The maximum atomic E-state index is 13.5. The van der Waals surface area contributed by atoms with E-state index in [1.54, 1.807) is 25.4 Å². The highest BCUT2D eigenvalue weighted by Gasteiger charge is 2.14. The third kappa shape index (κ3) is 2.38. The van der Waals surface area contributed by atoms with Crippen molar-refractivity contribution in [2.75, 3.05) is 5.73 Å². The molecule has 7 heteroatoms. The zero-order valence-corrected chi connectivity index (χ0v) is 13.7. The number of aromatic nitrogens is 2. The largest absolute Gasteiger partial charge is 0.396 e. The summed E-state index contributed by atoms with van der Waals surface area (Å²) < 4.78 is 15.4. The molecule has 0 bridgehead atoms. The van der Waals surface area contributed by atoms with E-state index >= 15 is 0 Å². The number of hydrogen-bond acceptors (Lipinski definition) is 3. The van der Waals surface area contributed by atoms with Crippen LogP contribution in [0.25, 0.3) is 22.0 Å². The van der Waals surface area contributed by atoms with Gasteiger partial charge < -0.3 is 10.3 Å². The molecule has 0 aliphatic heterocycles. The first-order valence-corrected chi connectivity index (χ1v) is 7.46. The molecule has 0 spiro atoms. The van der Waals surface area contributed by atoms with Crippen LogP contribution in [-0.4, -0.2) is 9.55 Å². The molecule has 112 valence electrons. The highest BCUT2D eigenvalue weighted by atomic mass is 79.9. The Morgan fingerprint density at radius 1 is 1.27 bits per heavy atom. The van der Waals surface area contributed by atoms with E-state index in [-0.39, 0.29) is 11.2 Å². The number of anilines is 1. The second kappa shape index (κ2) is 5.37. The number of nitrogen functional groups attached to an aromatic ring is 1. The highest BCUT2D eigenvalue weighted by molar-refractivity contribution is 9.10. The van der Waals surface area contributed by atoms with Gasteiger partial charge in [0.05, 0.1) is 11.2 Å². The fourth-order valence-corrected chi connectivity index (χ4v) is 2.99. The Balaban J connectivity index is 2.38. The molecule has 0 aliphatic rings. The third-order valence-electron chi connectivity index (χ3n) is 3.45. The van der Waals surface area contributed by atoms with Crippen LogP contribution in [0.2, 0.25) is 5.15 Å². The highest BCUT2D eigenvalue weighted by Crippen LogP contribution is 2.31. The normalized spacial score (nSPS) is 11.1. The molecule has 0 amide bonds. The molecule has 0 fully saturated rings. The molecular formula is C15H10BrClFN3O. The lowest BCUT2D eigenvalue weighted by Gasteiger charge is -2.11. The van der Waals surface area contributed by atoms with E-state index in [9.17, 15) is 9.18 Å². The maximum absolute atomic E-state index is 13.5. The predicted molar refractivity (Wildman–Crippen MR) is 89.5 cm³/mol. The molecular weight excluding hydrogens is 373 g/mol. The van der Waals surface area contributed by atoms with Crippen molar-refractivity contribution in [1.82, 2.24) is 9.55 Å². The van der Waals surface area contributed by atoms with Crippen LogP contribution in [0.5, 0.6) is 0 Å². The van der Waals surface area contributed by atoms with Crippen molar-refractivity contribution in [2.24, 2.45) is 7.05 Å². The van der Waals surface area contributed by atoms with Crippen LogP contribution in [0, 0.1) is 5.82 Å². The van der Waals surface area contributed by atoms with Gasteiger partial charge in [-0.1, -0.05) is 27.5 Å². The van der Waals surface area contributed by atoms with Crippen LogP contribution in [0.1, 0.15) is 0 Å². The SMILES string of the molecule is Cn1c(=O)c(-c2cc(N)c(F)cc2Br)cc2cnc(Cl)cc21. The molecule has 0 atom stereocenters. The van der Waals surface area contributed by atoms with E-state index in [1.807, 2.05) is 0 Å². The molecule has 2 N–H and O–H groups in total.